The monoisotopic (exact) mass is 172 g/mol. The lowest BCUT2D eigenvalue weighted by Gasteiger charge is -2.08. The van der Waals surface area contributed by atoms with Gasteiger partial charge in [-0.1, -0.05) is 13.3 Å². The molecule has 3 heteroatoms. The summed E-state index contributed by atoms with van der Waals surface area (Å²) in [5.41, 5.74) is 0. The number of carbonyl (C=O) groups is 1. The first-order valence-electron chi connectivity index (χ1n) is 4.60. The summed E-state index contributed by atoms with van der Waals surface area (Å²) < 4.78 is 4.86. The number of ether oxygens (including phenoxy) is 1. The van der Waals surface area contributed by atoms with E-state index >= 15 is 0 Å². The Balaban J connectivity index is 2.09. The van der Waals surface area contributed by atoms with Crippen molar-refractivity contribution in [3.8, 4) is 0 Å². The SMILES string of the molecule is CCCCOC(=O)[C@@H](O)C1CC1. The van der Waals surface area contributed by atoms with Gasteiger partial charge in [0.1, 0.15) is 0 Å². The van der Waals surface area contributed by atoms with Crippen LogP contribution in [0.1, 0.15) is 32.6 Å². The summed E-state index contributed by atoms with van der Waals surface area (Å²) >= 11 is 0. The number of esters is 1. The maximum absolute atomic E-state index is 11.0. The van der Waals surface area contributed by atoms with Gasteiger partial charge >= 0.3 is 5.97 Å². The highest BCUT2D eigenvalue weighted by Gasteiger charge is 2.35. The Morgan fingerprint density at radius 2 is 2.33 bits per heavy atom. The highest BCUT2D eigenvalue weighted by atomic mass is 16.5. The van der Waals surface area contributed by atoms with Crippen molar-refractivity contribution in [1.29, 1.82) is 0 Å². The number of carbonyl (C=O) groups excluding carboxylic acids is 1. The molecule has 1 atom stereocenters. The Morgan fingerprint density at radius 3 is 2.83 bits per heavy atom. The molecule has 0 amide bonds. The third kappa shape index (κ3) is 2.81. The van der Waals surface area contributed by atoms with Crippen LogP contribution in [0.15, 0.2) is 0 Å². The van der Waals surface area contributed by atoms with E-state index in [-0.39, 0.29) is 5.92 Å². The van der Waals surface area contributed by atoms with Crippen LogP contribution in [0.2, 0.25) is 0 Å². The molecule has 0 aromatic heterocycles. The molecular formula is C9H16O3. The van der Waals surface area contributed by atoms with Gasteiger partial charge < -0.3 is 9.84 Å². The van der Waals surface area contributed by atoms with Crippen LogP contribution in [0.25, 0.3) is 0 Å². The van der Waals surface area contributed by atoms with Gasteiger partial charge in [-0.3, -0.25) is 0 Å². The molecule has 0 heterocycles. The molecule has 1 aliphatic rings. The first-order chi connectivity index (χ1) is 5.75. The molecule has 0 spiro atoms. The van der Waals surface area contributed by atoms with Crippen LogP contribution in [0.3, 0.4) is 0 Å². The van der Waals surface area contributed by atoms with Crippen molar-refractivity contribution in [3.63, 3.8) is 0 Å². The lowest BCUT2D eigenvalue weighted by Crippen LogP contribution is -2.25. The normalized spacial score (nSPS) is 18.8. The lowest BCUT2D eigenvalue weighted by molar-refractivity contribution is -0.154. The molecule has 1 saturated carbocycles. The van der Waals surface area contributed by atoms with Crippen molar-refractivity contribution < 1.29 is 14.6 Å². The molecule has 3 nitrogen and oxygen atoms in total. The van der Waals surface area contributed by atoms with Crippen LogP contribution in [-0.2, 0) is 9.53 Å². The fourth-order valence-corrected chi connectivity index (χ4v) is 1.01. The fourth-order valence-electron chi connectivity index (χ4n) is 1.01. The maximum Gasteiger partial charge on any atom is 0.335 e. The molecule has 0 saturated heterocycles. The molecule has 0 aromatic rings. The van der Waals surface area contributed by atoms with Crippen molar-refractivity contribution in [1.82, 2.24) is 0 Å². The molecule has 0 bridgehead atoms. The van der Waals surface area contributed by atoms with E-state index in [1.54, 1.807) is 0 Å². The van der Waals surface area contributed by atoms with E-state index in [9.17, 15) is 9.90 Å². The predicted octanol–water partition coefficient (Wildman–Crippen LogP) is 1.10. The van der Waals surface area contributed by atoms with E-state index in [2.05, 4.69) is 0 Å². The van der Waals surface area contributed by atoms with E-state index in [0.717, 1.165) is 25.7 Å². The summed E-state index contributed by atoms with van der Waals surface area (Å²) in [5.74, 6) is -0.259. The average Bonchev–Trinajstić information content (AvgIpc) is 2.86. The molecule has 12 heavy (non-hydrogen) atoms. The second-order valence-corrected chi connectivity index (χ2v) is 3.30. The van der Waals surface area contributed by atoms with Crippen molar-refractivity contribution in [2.45, 2.75) is 38.7 Å². The Kier molecular flexibility index (Phi) is 3.53. The largest absolute Gasteiger partial charge is 0.464 e. The minimum Gasteiger partial charge on any atom is -0.464 e. The van der Waals surface area contributed by atoms with Crippen molar-refractivity contribution in [2.75, 3.05) is 6.61 Å². The average molecular weight is 172 g/mol. The Hall–Kier alpha value is -0.570. The van der Waals surface area contributed by atoms with E-state index in [1.165, 1.54) is 0 Å². The summed E-state index contributed by atoms with van der Waals surface area (Å²) in [6.45, 7) is 2.48. The predicted molar refractivity (Wildman–Crippen MR) is 44.6 cm³/mol. The molecule has 1 aliphatic carbocycles. The van der Waals surface area contributed by atoms with Crippen molar-refractivity contribution >= 4 is 5.97 Å². The molecule has 70 valence electrons. The van der Waals surface area contributed by atoms with E-state index in [4.69, 9.17) is 4.74 Å². The van der Waals surface area contributed by atoms with E-state index in [1.807, 2.05) is 6.92 Å². The molecular weight excluding hydrogens is 156 g/mol. The minimum atomic E-state index is -0.859. The summed E-state index contributed by atoms with van der Waals surface area (Å²) in [7, 11) is 0. The zero-order chi connectivity index (χ0) is 8.97. The highest BCUT2D eigenvalue weighted by molar-refractivity contribution is 5.75. The van der Waals surface area contributed by atoms with Gasteiger partial charge in [0, 0.05) is 0 Å². The zero-order valence-electron chi connectivity index (χ0n) is 7.45. The van der Waals surface area contributed by atoms with Gasteiger partial charge in [0.15, 0.2) is 6.10 Å². The lowest BCUT2D eigenvalue weighted by atomic mass is 10.2. The quantitative estimate of drug-likeness (QED) is 0.499. The second kappa shape index (κ2) is 4.45. The van der Waals surface area contributed by atoms with Crippen LogP contribution < -0.4 is 0 Å². The molecule has 1 N–H and O–H groups in total. The number of hydrogen-bond donors (Lipinski definition) is 1. The van der Waals surface area contributed by atoms with Crippen LogP contribution in [-0.4, -0.2) is 23.8 Å². The zero-order valence-corrected chi connectivity index (χ0v) is 7.45. The first-order valence-corrected chi connectivity index (χ1v) is 4.60. The summed E-state index contributed by atoms with van der Waals surface area (Å²) in [6, 6.07) is 0. The summed E-state index contributed by atoms with van der Waals surface area (Å²) in [4.78, 5) is 11.0. The Labute approximate surface area is 72.7 Å². The van der Waals surface area contributed by atoms with Gasteiger partial charge in [-0.2, -0.15) is 0 Å². The van der Waals surface area contributed by atoms with Gasteiger partial charge in [0.2, 0.25) is 0 Å². The number of aliphatic hydroxyl groups excluding tert-OH is 1. The number of aliphatic hydroxyl groups is 1. The van der Waals surface area contributed by atoms with Gasteiger partial charge in [0.25, 0.3) is 0 Å². The molecule has 0 aromatic carbocycles. The van der Waals surface area contributed by atoms with Gasteiger partial charge in [0.05, 0.1) is 6.61 Å². The smallest absolute Gasteiger partial charge is 0.335 e. The van der Waals surface area contributed by atoms with Crippen LogP contribution in [0.4, 0.5) is 0 Å². The van der Waals surface area contributed by atoms with Crippen molar-refractivity contribution in [3.05, 3.63) is 0 Å². The molecule has 0 aliphatic heterocycles. The third-order valence-corrected chi connectivity index (χ3v) is 2.05. The first kappa shape index (κ1) is 9.52. The minimum absolute atomic E-state index is 0.180. The summed E-state index contributed by atoms with van der Waals surface area (Å²) in [6.07, 6.45) is 2.95. The van der Waals surface area contributed by atoms with Gasteiger partial charge in [-0.05, 0) is 25.2 Å². The van der Waals surface area contributed by atoms with Crippen LogP contribution >= 0.6 is 0 Å². The third-order valence-electron chi connectivity index (χ3n) is 2.05. The standard InChI is InChI=1S/C9H16O3/c1-2-3-6-12-9(11)8(10)7-4-5-7/h7-8,10H,2-6H2,1H3/t8-/m0/s1. The van der Waals surface area contributed by atoms with Gasteiger partial charge in [-0.25, -0.2) is 4.79 Å². The molecule has 0 unspecified atom stereocenters. The number of hydrogen-bond acceptors (Lipinski definition) is 3. The second-order valence-electron chi connectivity index (χ2n) is 3.30. The van der Waals surface area contributed by atoms with Crippen molar-refractivity contribution in [2.24, 2.45) is 5.92 Å². The number of unbranched alkanes of at least 4 members (excludes halogenated alkanes) is 1. The fraction of sp³-hybridized carbons (Fsp3) is 0.889. The number of rotatable bonds is 5. The highest BCUT2D eigenvalue weighted by Crippen LogP contribution is 2.32. The Morgan fingerprint density at radius 1 is 1.67 bits per heavy atom. The Bertz CT molecular complexity index is 152. The summed E-state index contributed by atoms with van der Waals surface area (Å²) in [5, 5.41) is 9.28. The molecule has 1 rings (SSSR count). The molecule has 1 fully saturated rings. The van der Waals surface area contributed by atoms with E-state index < -0.39 is 12.1 Å². The van der Waals surface area contributed by atoms with Crippen LogP contribution in [0, 0.1) is 5.92 Å². The maximum atomic E-state index is 11.0. The molecule has 0 radical (unpaired) electrons. The topological polar surface area (TPSA) is 46.5 Å². The van der Waals surface area contributed by atoms with E-state index in [0.29, 0.717) is 6.61 Å². The van der Waals surface area contributed by atoms with Crippen LogP contribution in [0.5, 0.6) is 0 Å². The van der Waals surface area contributed by atoms with Gasteiger partial charge in [-0.15, -0.1) is 0 Å².